The third kappa shape index (κ3) is 5.78. The summed E-state index contributed by atoms with van der Waals surface area (Å²) in [4.78, 5) is 29.8. The Bertz CT molecular complexity index is 1060. The van der Waals surface area contributed by atoms with E-state index in [4.69, 9.17) is 9.47 Å². The average molecular weight is 467 g/mol. The number of nitrogens with zero attached hydrogens (tertiary/aromatic N) is 2. The number of carbonyl (C=O) groups excluding carboxylic acids is 2. The number of carbonyl (C=O) groups is 2. The number of benzene rings is 2. The van der Waals surface area contributed by atoms with Crippen LogP contribution in [0.1, 0.15) is 37.4 Å². The lowest BCUT2D eigenvalue weighted by atomic mass is 9.95. The number of ether oxygens (including phenoxy) is 2. The summed E-state index contributed by atoms with van der Waals surface area (Å²) in [6.07, 6.45) is 0.694. The van der Waals surface area contributed by atoms with Gasteiger partial charge >= 0.3 is 0 Å². The molecular formula is C27H34N2O5. The molecule has 1 aliphatic heterocycles. The molecule has 7 heteroatoms. The Hall–Kier alpha value is -3.32. The SMILES string of the molecule is COc1cccc(C2/C(=C(/O)c3cccc(OCC(C)C)c3)C(=O)C(=O)N2CCCN(C)C)c1. The predicted molar refractivity (Wildman–Crippen MR) is 132 cm³/mol. The van der Waals surface area contributed by atoms with Crippen LogP contribution in [0.4, 0.5) is 0 Å². The predicted octanol–water partition coefficient (Wildman–Crippen LogP) is 4.10. The third-order valence-corrected chi connectivity index (χ3v) is 5.64. The highest BCUT2D eigenvalue weighted by molar-refractivity contribution is 6.46. The third-order valence-electron chi connectivity index (χ3n) is 5.64. The first-order valence-electron chi connectivity index (χ1n) is 11.5. The minimum atomic E-state index is -0.711. The molecule has 34 heavy (non-hydrogen) atoms. The summed E-state index contributed by atoms with van der Waals surface area (Å²) in [6, 6.07) is 13.5. The van der Waals surface area contributed by atoms with Gasteiger partial charge in [-0.15, -0.1) is 0 Å². The standard InChI is InChI=1S/C27H34N2O5/c1-18(2)17-34-22-12-7-10-20(16-22)25(30)23-24(19-9-6-11-21(15-19)33-5)29(27(32)26(23)31)14-8-13-28(3)4/h6-7,9-12,15-16,18,24,30H,8,13-14,17H2,1-5H3/b25-23-. The topological polar surface area (TPSA) is 79.3 Å². The fourth-order valence-corrected chi connectivity index (χ4v) is 3.98. The molecule has 3 rings (SSSR count). The summed E-state index contributed by atoms with van der Waals surface area (Å²) in [6.45, 7) is 5.79. The maximum atomic E-state index is 13.2. The molecule has 0 aliphatic carbocycles. The van der Waals surface area contributed by atoms with Gasteiger partial charge in [0.15, 0.2) is 0 Å². The second-order valence-electron chi connectivity index (χ2n) is 9.16. The molecule has 1 unspecified atom stereocenters. The van der Waals surface area contributed by atoms with Crippen molar-refractivity contribution in [2.75, 3.05) is 40.9 Å². The van der Waals surface area contributed by atoms with Crippen LogP contribution in [-0.2, 0) is 9.59 Å². The van der Waals surface area contributed by atoms with Crippen LogP contribution in [0.25, 0.3) is 5.76 Å². The number of ketones is 1. The summed E-state index contributed by atoms with van der Waals surface area (Å²) >= 11 is 0. The van der Waals surface area contributed by atoms with Crippen molar-refractivity contribution in [3.63, 3.8) is 0 Å². The molecule has 182 valence electrons. The van der Waals surface area contributed by atoms with Gasteiger partial charge in [-0.05, 0) is 62.8 Å². The van der Waals surface area contributed by atoms with Crippen molar-refractivity contribution in [1.82, 2.24) is 9.80 Å². The summed E-state index contributed by atoms with van der Waals surface area (Å²) in [7, 11) is 5.49. The molecule has 0 radical (unpaired) electrons. The largest absolute Gasteiger partial charge is 0.507 e. The highest BCUT2D eigenvalue weighted by atomic mass is 16.5. The van der Waals surface area contributed by atoms with Gasteiger partial charge in [-0.25, -0.2) is 0 Å². The number of methoxy groups -OCH3 is 1. The number of hydrogen-bond donors (Lipinski definition) is 1. The first-order chi connectivity index (χ1) is 16.2. The molecular weight excluding hydrogens is 432 g/mol. The Kier molecular flexibility index (Phi) is 8.34. The molecule has 1 amide bonds. The van der Waals surface area contributed by atoms with Crippen molar-refractivity contribution in [1.29, 1.82) is 0 Å². The zero-order chi connectivity index (χ0) is 24.8. The quantitative estimate of drug-likeness (QED) is 0.323. The highest BCUT2D eigenvalue weighted by Gasteiger charge is 2.45. The molecule has 2 aromatic rings. The van der Waals surface area contributed by atoms with Gasteiger partial charge in [0.05, 0.1) is 25.3 Å². The zero-order valence-electron chi connectivity index (χ0n) is 20.6. The number of aliphatic hydroxyl groups excluding tert-OH is 1. The molecule has 1 N–H and O–H groups in total. The van der Waals surface area contributed by atoms with E-state index < -0.39 is 17.7 Å². The van der Waals surface area contributed by atoms with E-state index in [9.17, 15) is 14.7 Å². The fourth-order valence-electron chi connectivity index (χ4n) is 3.98. The summed E-state index contributed by atoms with van der Waals surface area (Å²) in [5, 5.41) is 11.3. The normalized spacial score (nSPS) is 17.6. The minimum Gasteiger partial charge on any atom is -0.507 e. The van der Waals surface area contributed by atoms with Crippen LogP contribution in [0.15, 0.2) is 54.1 Å². The molecule has 2 aromatic carbocycles. The molecule has 7 nitrogen and oxygen atoms in total. The van der Waals surface area contributed by atoms with E-state index in [1.54, 1.807) is 48.4 Å². The van der Waals surface area contributed by atoms with E-state index in [1.165, 1.54) is 0 Å². The average Bonchev–Trinajstić information content (AvgIpc) is 3.07. The van der Waals surface area contributed by atoms with E-state index in [-0.39, 0.29) is 11.3 Å². The highest BCUT2D eigenvalue weighted by Crippen LogP contribution is 2.40. The molecule has 0 aromatic heterocycles. The van der Waals surface area contributed by atoms with E-state index in [1.807, 2.05) is 31.1 Å². The minimum absolute atomic E-state index is 0.0733. The van der Waals surface area contributed by atoms with Crippen LogP contribution < -0.4 is 9.47 Å². The zero-order valence-corrected chi connectivity index (χ0v) is 20.6. The number of amides is 1. The monoisotopic (exact) mass is 466 g/mol. The number of likely N-dealkylation sites (tertiary alicyclic amines) is 1. The molecule has 1 atom stereocenters. The first-order valence-corrected chi connectivity index (χ1v) is 11.5. The van der Waals surface area contributed by atoms with Gasteiger partial charge in [0.2, 0.25) is 0 Å². The van der Waals surface area contributed by atoms with Gasteiger partial charge in [0.25, 0.3) is 11.7 Å². The van der Waals surface area contributed by atoms with Crippen LogP contribution in [0, 0.1) is 5.92 Å². The van der Waals surface area contributed by atoms with Crippen LogP contribution >= 0.6 is 0 Å². The van der Waals surface area contributed by atoms with E-state index in [2.05, 4.69) is 13.8 Å². The van der Waals surface area contributed by atoms with Gasteiger partial charge in [-0.2, -0.15) is 0 Å². The maximum absolute atomic E-state index is 13.2. The molecule has 1 heterocycles. The fraction of sp³-hybridized carbons (Fsp3) is 0.407. The lowest BCUT2D eigenvalue weighted by Gasteiger charge is -2.26. The molecule has 1 saturated heterocycles. The van der Waals surface area contributed by atoms with Gasteiger partial charge in [-0.1, -0.05) is 38.1 Å². The van der Waals surface area contributed by atoms with Crippen molar-refractivity contribution < 1.29 is 24.2 Å². The van der Waals surface area contributed by atoms with E-state index in [0.29, 0.717) is 48.1 Å². The molecule has 1 aliphatic rings. The number of hydrogen-bond acceptors (Lipinski definition) is 6. The molecule has 0 bridgehead atoms. The summed E-state index contributed by atoms with van der Waals surface area (Å²) in [5.41, 5.74) is 1.21. The Morgan fingerprint density at radius 1 is 1.09 bits per heavy atom. The Morgan fingerprint density at radius 2 is 1.79 bits per heavy atom. The van der Waals surface area contributed by atoms with Gasteiger partial charge < -0.3 is 24.4 Å². The Morgan fingerprint density at radius 3 is 2.47 bits per heavy atom. The Labute approximate surface area is 201 Å². The lowest BCUT2D eigenvalue weighted by molar-refractivity contribution is -0.139. The van der Waals surface area contributed by atoms with Crippen molar-refractivity contribution in [3.05, 3.63) is 65.2 Å². The lowest BCUT2D eigenvalue weighted by Crippen LogP contribution is -2.32. The smallest absolute Gasteiger partial charge is 0.295 e. The van der Waals surface area contributed by atoms with Gasteiger partial charge in [-0.3, -0.25) is 9.59 Å². The first kappa shape index (κ1) is 25.3. The second-order valence-corrected chi connectivity index (χ2v) is 9.16. The van der Waals surface area contributed by atoms with Crippen molar-refractivity contribution in [2.45, 2.75) is 26.3 Å². The van der Waals surface area contributed by atoms with Crippen molar-refractivity contribution in [2.24, 2.45) is 5.92 Å². The maximum Gasteiger partial charge on any atom is 0.295 e. The van der Waals surface area contributed by atoms with Crippen molar-refractivity contribution in [3.8, 4) is 11.5 Å². The van der Waals surface area contributed by atoms with E-state index in [0.717, 1.165) is 6.54 Å². The van der Waals surface area contributed by atoms with Crippen LogP contribution in [0.3, 0.4) is 0 Å². The molecule has 1 fully saturated rings. The van der Waals surface area contributed by atoms with Crippen LogP contribution in [0.5, 0.6) is 11.5 Å². The molecule has 0 spiro atoms. The number of aliphatic hydroxyl groups is 1. The van der Waals surface area contributed by atoms with Crippen molar-refractivity contribution >= 4 is 17.4 Å². The van der Waals surface area contributed by atoms with Crippen LogP contribution in [0.2, 0.25) is 0 Å². The van der Waals surface area contributed by atoms with Gasteiger partial charge in [0, 0.05) is 12.1 Å². The summed E-state index contributed by atoms with van der Waals surface area (Å²) < 4.78 is 11.2. The Balaban J connectivity index is 2.06. The number of Topliss-reactive ketones (excluding diaryl/α,β-unsaturated/α-hetero) is 1. The second kappa shape index (κ2) is 11.2. The van der Waals surface area contributed by atoms with Crippen LogP contribution in [-0.4, -0.2) is 67.5 Å². The molecule has 0 saturated carbocycles. The van der Waals surface area contributed by atoms with E-state index >= 15 is 0 Å². The number of rotatable bonds is 10. The van der Waals surface area contributed by atoms with Gasteiger partial charge in [0.1, 0.15) is 17.3 Å². The summed E-state index contributed by atoms with van der Waals surface area (Å²) in [5.74, 6) is 0.0365.